The molecule has 3 aromatic rings. The topological polar surface area (TPSA) is 39.0 Å². The van der Waals surface area contributed by atoms with Gasteiger partial charge in [0.1, 0.15) is 5.69 Å². The molecule has 0 saturated carbocycles. The maximum Gasteiger partial charge on any atom is 0.295 e. The second kappa shape index (κ2) is 6.34. The Morgan fingerprint density at radius 2 is 1.70 bits per heavy atom. The minimum atomic E-state index is -0.0664. The zero-order chi connectivity index (χ0) is 16.4. The normalized spacial score (nSPS) is 10.7. The number of hydrogen-bond donors (Lipinski definition) is 1. The molecular weight excluding hydrogens is 310 g/mol. The van der Waals surface area contributed by atoms with E-state index in [-0.39, 0.29) is 5.56 Å². The van der Waals surface area contributed by atoms with Crippen molar-refractivity contribution < 1.29 is 0 Å². The van der Waals surface area contributed by atoms with Crippen LogP contribution in [-0.4, -0.2) is 9.36 Å². The molecule has 0 atom stereocenters. The van der Waals surface area contributed by atoms with Gasteiger partial charge in [0.05, 0.1) is 11.4 Å². The molecule has 0 spiro atoms. The first-order valence-corrected chi connectivity index (χ1v) is 7.78. The van der Waals surface area contributed by atoms with E-state index >= 15 is 0 Å². The van der Waals surface area contributed by atoms with Gasteiger partial charge >= 0.3 is 0 Å². The van der Waals surface area contributed by atoms with E-state index < -0.39 is 0 Å². The Kier molecular flexibility index (Phi) is 4.26. The van der Waals surface area contributed by atoms with Crippen molar-refractivity contribution in [3.8, 4) is 5.69 Å². The van der Waals surface area contributed by atoms with Gasteiger partial charge in [-0.25, -0.2) is 4.68 Å². The van der Waals surface area contributed by atoms with E-state index in [2.05, 4.69) is 5.32 Å². The SMILES string of the molecule is Cc1c(NCc2ccccc2Cl)c(=O)n(-c2ccccc2)n1C. The van der Waals surface area contributed by atoms with Crippen LogP contribution in [0.15, 0.2) is 59.4 Å². The first-order valence-electron chi connectivity index (χ1n) is 7.41. The van der Waals surface area contributed by atoms with Gasteiger partial charge in [-0.05, 0) is 30.7 Å². The van der Waals surface area contributed by atoms with Crippen LogP contribution < -0.4 is 10.9 Å². The standard InChI is InChI=1S/C18H18ClN3O/c1-13-17(20-12-14-8-6-7-11-16(14)19)18(23)22(21(13)2)15-9-4-3-5-10-15/h3-11,20H,12H2,1-2H3. The number of anilines is 1. The predicted molar refractivity (Wildman–Crippen MR) is 94.5 cm³/mol. The molecule has 0 aliphatic heterocycles. The summed E-state index contributed by atoms with van der Waals surface area (Å²) in [5.41, 5.74) is 3.21. The summed E-state index contributed by atoms with van der Waals surface area (Å²) in [6.45, 7) is 2.43. The molecule has 0 aliphatic carbocycles. The Labute approximate surface area is 139 Å². The van der Waals surface area contributed by atoms with E-state index in [0.717, 1.165) is 16.9 Å². The molecule has 5 heteroatoms. The van der Waals surface area contributed by atoms with Gasteiger partial charge in [-0.3, -0.25) is 9.48 Å². The highest BCUT2D eigenvalue weighted by Crippen LogP contribution is 2.18. The Morgan fingerprint density at radius 3 is 2.39 bits per heavy atom. The fraction of sp³-hybridized carbons (Fsp3) is 0.167. The minimum Gasteiger partial charge on any atom is -0.375 e. The molecule has 0 radical (unpaired) electrons. The van der Waals surface area contributed by atoms with Crippen LogP contribution in [0.25, 0.3) is 5.69 Å². The molecule has 1 aromatic heterocycles. The number of hydrogen-bond acceptors (Lipinski definition) is 2. The molecule has 1 N–H and O–H groups in total. The summed E-state index contributed by atoms with van der Waals surface area (Å²) >= 11 is 6.17. The number of aromatic nitrogens is 2. The summed E-state index contributed by atoms with van der Waals surface area (Å²) < 4.78 is 3.51. The molecule has 0 aliphatic rings. The quantitative estimate of drug-likeness (QED) is 0.792. The van der Waals surface area contributed by atoms with E-state index in [1.165, 1.54) is 0 Å². The Balaban J connectivity index is 1.95. The number of para-hydroxylation sites is 1. The molecule has 0 bridgehead atoms. The van der Waals surface area contributed by atoms with Crippen LogP contribution in [0.5, 0.6) is 0 Å². The number of rotatable bonds is 4. The lowest BCUT2D eigenvalue weighted by Gasteiger charge is -2.07. The highest BCUT2D eigenvalue weighted by Gasteiger charge is 2.15. The molecule has 1 heterocycles. The van der Waals surface area contributed by atoms with Crippen molar-refractivity contribution in [3.05, 3.63) is 81.2 Å². The molecule has 0 unspecified atom stereocenters. The molecule has 3 rings (SSSR count). The third kappa shape index (κ3) is 2.90. The van der Waals surface area contributed by atoms with Crippen molar-refractivity contribution in [2.45, 2.75) is 13.5 Å². The maximum absolute atomic E-state index is 12.8. The van der Waals surface area contributed by atoms with Crippen LogP contribution in [0, 0.1) is 6.92 Å². The Hall–Kier alpha value is -2.46. The van der Waals surface area contributed by atoms with E-state index in [0.29, 0.717) is 17.3 Å². The molecule has 4 nitrogen and oxygen atoms in total. The van der Waals surface area contributed by atoms with Crippen LogP contribution in [0.1, 0.15) is 11.3 Å². The zero-order valence-electron chi connectivity index (χ0n) is 13.1. The lowest BCUT2D eigenvalue weighted by molar-refractivity contribution is 0.630. The van der Waals surface area contributed by atoms with Crippen LogP contribution in [0.3, 0.4) is 0 Å². The smallest absolute Gasteiger partial charge is 0.295 e. The van der Waals surface area contributed by atoms with Crippen LogP contribution in [0.2, 0.25) is 5.02 Å². The van der Waals surface area contributed by atoms with Crippen LogP contribution in [0.4, 0.5) is 5.69 Å². The molecule has 0 amide bonds. The van der Waals surface area contributed by atoms with Crippen molar-refractivity contribution in [1.29, 1.82) is 0 Å². The van der Waals surface area contributed by atoms with Gasteiger partial charge in [0, 0.05) is 18.6 Å². The van der Waals surface area contributed by atoms with E-state index in [1.54, 1.807) is 4.68 Å². The van der Waals surface area contributed by atoms with E-state index in [9.17, 15) is 4.79 Å². The van der Waals surface area contributed by atoms with Gasteiger partial charge in [-0.15, -0.1) is 0 Å². The first-order chi connectivity index (χ1) is 11.1. The summed E-state index contributed by atoms with van der Waals surface area (Å²) in [6, 6.07) is 17.2. The number of nitrogens with zero attached hydrogens (tertiary/aromatic N) is 2. The van der Waals surface area contributed by atoms with Gasteiger partial charge in [0.15, 0.2) is 0 Å². The van der Waals surface area contributed by atoms with Crippen molar-refractivity contribution in [2.75, 3.05) is 5.32 Å². The second-order valence-corrected chi connectivity index (χ2v) is 5.79. The maximum atomic E-state index is 12.8. The van der Waals surface area contributed by atoms with Crippen LogP contribution in [-0.2, 0) is 13.6 Å². The van der Waals surface area contributed by atoms with Crippen molar-refractivity contribution >= 4 is 17.3 Å². The molecular formula is C18H18ClN3O. The zero-order valence-corrected chi connectivity index (χ0v) is 13.8. The fourth-order valence-electron chi connectivity index (χ4n) is 2.60. The van der Waals surface area contributed by atoms with Crippen molar-refractivity contribution in [1.82, 2.24) is 9.36 Å². The summed E-state index contributed by atoms with van der Waals surface area (Å²) in [5, 5.41) is 3.92. The fourth-order valence-corrected chi connectivity index (χ4v) is 2.80. The lowest BCUT2D eigenvalue weighted by atomic mass is 10.2. The predicted octanol–water partition coefficient (Wildman–Crippen LogP) is 3.75. The minimum absolute atomic E-state index is 0.0664. The number of nitrogens with one attached hydrogen (secondary N) is 1. The summed E-state index contributed by atoms with van der Waals surface area (Å²) in [6.07, 6.45) is 0. The lowest BCUT2D eigenvalue weighted by Crippen LogP contribution is -2.21. The van der Waals surface area contributed by atoms with Crippen molar-refractivity contribution in [3.63, 3.8) is 0 Å². The molecule has 23 heavy (non-hydrogen) atoms. The molecule has 118 valence electrons. The first kappa shape index (κ1) is 15.4. The largest absolute Gasteiger partial charge is 0.375 e. The van der Waals surface area contributed by atoms with Crippen LogP contribution >= 0.6 is 11.6 Å². The molecule has 0 saturated heterocycles. The second-order valence-electron chi connectivity index (χ2n) is 5.38. The Morgan fingerprint density at radius 1 is 1.04 bits per heavy atom. The third-order valence-electron chi connectivity index (χ3n) is 3.97. The Bertz CT molecular complexity index is 881. The van der Waals surface area contributed by atoms with Gasteiger partial charge in [-0.1, -0.05) is 48.0 Å². The molecule has 2 aromatic carbocycles. The summed E-state index contributed by atoms with van der Waals surface area (Å²) in [5.74, 6) is 0. The monoisotopic (exact) mass is 327 g/mol. The number of halogens is 1. The summed E-state index contributed by atoms with van der Waals surface area (Å²) in [4.78, 5) is 12.8. The van der Waals surface area contributed by atoms with Gasteiger partial charge in [0.25, 0.3) is 5.56 Å². The highest BCUT2D eigenvalue weighted by atomic mass is 35.5. The van der Waals surface area contributed by atoms with E-state index in [4.69, 9.17) is 11.6 Å². The van der Waals surface area contributed by atoms with Gasteiger partial charge in [0.2, 0.25) is 0 Å². The highest BCUT2D eigenvalue weighted by molar-refractivity contribution is 6.31. The van der Waals surface area contributed by atoms with Crippen molar-refractivity contribution in [2.24, 2.45) is 7.05 Å². The van der Waals surface area contributed by atoms with Gasteiger partial charge in [-0.2, -0.15) is 0 Å². The summed E-state index contributed by atoms with van der Waals surface area (Å²) in [7, 11) is 1.88. The van der Waals surface area contributed by atoms with Gasteiger partial charge < -0.3 is 5.32 Å². The average Bonchev–Trinajstić information content (AvgIpc) is 2.78. The average molecular weight is 328 g/mol. The van der Waals surface area contributed by atoms with E-state index in [1.807, 2.05) is 73.3 Å². The third-order valence-corrected chi connectivity index (χ3v) is 4.34. The molecule has 0 fully saturated rings. The number of benzene rings is 2.